The van der Waals surface area contributed by atoms with E-state index >= 15 is 0 Å². The van der Waals surface area contributed by atoms with Crippen molar-refractivity contribution in [1.29, 1.82) is 0 Å². The molecule has 0 fully saturated rings. The van der Waals surface area contributed by atoms with Gasteiger partial charge in [0.2, 0.25) is 10.0 Å². The van der Waals surface area contributed by atoms with Crippen LogP contribution in [-0.2, 0) is 31.9 Å². The second kappa shape index (κ2) is 9.56. The van der Waals surface area contributed by atoms with Gasteiger partial charge in [0.1, 0.15) is 6.04 Å². The van der Waals surface area contributed by atoms with E-state index in [1.807, 2.05) is 4.72 Å². The number of alkyl halides is 6. The largest absolute Gasteiger partial charge is 0.462 e. The second-order valence-electron chi connectivity index (χ2n) is 6.18. The number of ether oxygens (including phenoxy) is 1. The fourth-order valence-electron chi connectivity index (χ4n) is 2.11. The molecule has 0 bridgehead atoms. The fraction of sp³-hybridized carbons (Fsp3) is 0.562. The highest BCUT2D eigenvalue weighted by atomic mass is 32.2. The molecule has 1 aromatic carbocycles. The molecule has 13 heteroatoms. The highest BCUT2D eigenvalue weighted by Gasteiger charge is 2.39. The molecule has 0 amide bonds. The Morgan fingerprint density at radius 1 is 1.07 bits per heavy atom. The summed E-state index contributed by atoms with van der Waals surface area (Å²) in [6, 6.07) is -1.50. The average Bonchev–Trinajstić information content (AvgIpc) is 2.55. The maximum absolute atomic E-state index is 13.0. The van der Waals surface area contributed by atoms with E-state index in [2.05, 4.69) is 0 Å². The molecule has 29 heavy (non-hydrogen) atoms. The maximum atomic E-state index is 13.0. The first-order valence-corrected chi connectivity index (χ1v) is 11.0. The zero-order valence-electron chi connectivity index (χ0n) is 15.5. The summed E-state index contributed by atoms with van der Waals surface area (Å²) in [6.45, 7) is 3.00. The van der Waals surface area contributed by atoms with Crippen molar-refractivity contribution < 1.29 is 44.3 Å². The molecular weight excluding hydrogens is 448 g/mol. The van der Waals surface area contributed by atoms with Gasteiger partial charge in [0, 0.05) is 0 Å². The Bertz CT molecular complexity index is 789. The van der Waals surface area contributed by atoms with Gasteiger partial charge in [-0.15, -0.1) is 0 Å². The van der Waals surface area contributed by atoms with Crippen molar-refractivity contribution in [1.82, 2.24) is 4.72 Å². The van der Waals surface area contributed by atoms with Gasteiger partial charge in [0.15, 0.2) is 0 Å². The van der Waals surface area contributed by atoms with Gasteiger partial charge in [-0.2, -0.15) is 42.8 Å². The number of thioether (sulfide) groups is 1. The van der Waals surface area contributed by atoms with Crippen molar-refractivity contribution in [2.45, 2.75) is 49.7 Å². The zero-order chi connectivity index (χ0) is 22.6. The van der Waals surface area contributed by atoms with Gasteiger partial charge in [-0.05, 0) is 50.5 Å². The van der Waals surface area contributed by atoms with Crippen molar-refractivity contribution in [2.24, 2.45) is 0 Å². The third kappa shape index (κ3) is 7.70. The fourth-order valence-corrected chi connectivity index (χ4v) is 3.87. The summed E-state index contributed by atoms with van der Waals surface area (Å²) in [5.41, 5.74) is -3.56. The van der Waals surface area contributed by atoms with Crippen LogP contribution in [-0.4, -0.2) is 38.5 Å². The van der Waals surface area contributed by atoms with Gasteiger partial charge >= 0.3 is 18.3 Å². The second-order valence-corrected chi connectivity index (χ2v) is 8.88. The van der Waals surface area contributed by atoms with Crippen molar-refractivity contribution in [3.05, 3.63) is 29.3 Å². The molecule has 0 radical (unpaired) electrons. The molecule has 1 atom stereocenters. The molecule has 1 aromatic rings. The van der Waals surface area contributed by atoms with Gasteiger partial charge < -0.3 is 4.74 Å². The Morgan fingerprint density at radius 3 is 1.93 bits per heavy atom. The summed E-state index contributed by atoms with van der Waals surface area (Å²) < 4.78 is 110. The Hall–Kier alpha value is -1.47. The van der Waals surface area contributed by atoms with E-state index in [1.165, 1.54) is 25.6 Å². The summed E-state index contributed by atoms with van der Waals surface area (Å²) in [7, 11) is -4.90. The highest BCUT2D eigenvalue weighted by Crippen LogP contribution is 2.37. The van der Waals surface area contributed by atoms with Gasteiger partial charge in [0.25, 0.3) is 0 Å². The van der Waals surface area contributed by atoms with Crippen LogP contribution in [0.25, 0.3) is 0 Å². The Labute approximate surface area is 168 Å². The monoisotopic (exact) mass is 467 g/mol. The summed E-state index contributed by atoms with van der Waals surface area (Å²) in [6.07, 6.45) is -9.42. The smallest absolute Gasteiger partial charge is 0.416 e. The summed E-state index contributed by atoms with van der Waals surface area (Å²) in [5.74, 6) is -0.697. The summed E-state index contributed by atoms with van der Waals surface area (Å²) >= 11 is 1.26. The van der Waals surface area contributed by atoms with Crippen molar-refractivity contribution in [2.75, 3.05) is 12.0 Å². The van der Waals surface area contributed by atoms with E-state index in [1.54, 1.807) is 6.26 Å². The van der Waals surface area contributed by atoms with E-state index in [0.717, 1.165) is 0 Å². The first kappa shape index (κ1) is 25.6. The SMILES string of the molecule is CSCCC(NS(=O)(=O)c1cc(C(F)(F)F)cc(C(F)(F)F)c1)C(=O)OC(C)C. The predicted molar refractivity (Wildman–Crippen MR) is 94.8 cm³/mol. The van der Waals surface area contributed by atoms with Crippen LogP contribution < -0.4 is 4.72 Å². The minimum absolute atomic E-state index is 0.0724. The van der Waals surface area contributed by atoms with Crippen LogP contribution in [0.2, 0.25) is 0 Å². The van der Waals surface area contributed by atoms with Gasteiger partial charge in [-0.3, -0.25) is 4.79 Å². The third-order valence-electron chi connectivity index (χ3n) is 3.42. The first-order valence-electron chi connectivity index (χ1n) is 8.09. The average molecular weight is 467 g/mol. The van der Waals surface area contributed by atoms with Crippen molar-refractivity contribution in [3.8, 4) is 0 Å². The number of carbonyl (C=O) groups excluding carboxylic acids is 1. The molecular formula is C16H19F6NO4S2. The normalized spacial score (nSPS) is 14.1. The molecule has 166 valence electrons. The number of halogens is 6. The molecule has 0 heterocycles. The van der Waals surface area contributed by atoms with Crippen LogP contribution in [0.15, 0.2) is 23.1 Å². The lowest BCUT2D eigenvalue weighted by Gasteiger charge is -2.20. The van der Waals surface area contributed by atoms with E-state index in [4.69, 9.17) is 4.74 Å². The van der Waals surface area contributed by atoms with E-state index in [9.17, 15) is 39.6 Å². The number of nitrogens with one attached hydrogen (secondary N) is 1. The highest BCUT2D eigenvalue weighted by molar-refractivity contribution is 7.98. The Morgan fingerprint density at radius 2 is 1.55 bits per heavy atom. The molecule has 0 saturated carbocycles. The summed E-state index contributed by atoms with van der Waals surface area (Å²) in [5, 5.41) is 0. The standard InChI is InChI=1S/C16H19F6NO4S2/c1-9(2)27-14(24)13(4-5-28-3)23-29(25,26)12-7-10(15(17,18)19)6-11(8-12)16(20,21)22/h6-9,13,23H,4-5H2,1-3H3. The van der Waals surface area contributed by atoms with Gasteiger partial charge in [-0.1, -0.05) is 0 Å². The molecule has 5 nitrogen and oxygen atoms in total. The lowest BCUT2D eigenvalue weighted by molar-refractivity contribution is -0.149. The number of hydrogen-bond donors (Lipinski definition) is 1. The first-order chi connectivity index (χ1) is 13.1. The topological polar surface area (TPSA) is 72.5 Å². The molecule has 0 aromatic heterocycles. The Balaban J connectivity index is 3.39. The number of sulfonamides is 1. The third-order valence-corrected chi connectivity index (χ3v) is 5.51. The molecule has 0 saturated heterocycles. The van der Waals surface area contributed by atoms with Crippen molar-refractivity contribution in [3.63, 3.8) is 0 Å². The van der Waals surface area contributed by atoms with E-state index < -0.39 is 56.5 Å². The van der Waals surface area contributed by atoms with E-state index in [0.29, 0.717) is 0 Å². The van der Waals surface area contributed by atoms with Crippen LogP contribution in [0.5, 0.6) is 0 Å². The number of esters is 1. The number of hydrogen-bond acceptors (Lipinski definition) is 5. The van der Waals surface area contributed by atoms with Gasteiger partial charge in [-0.25, -0.2) is 8.42 Å². The minimum atomic E-state index is -5.21. The predicted octanol–water partition coefficient (Wildman–Crippen LogP) is 4.08. The number of benzene rings is 1. The number of carbonyl (C=O) groups is 1. The summed E-state index contributed by atoms with van der Waals surface area (Å²) in [4.78, 5) is 10.8. The van der Waals surface area contributed by atoms with Crippen LogP contribution in [0.4, 0.5) is 26.3 Å². The van der Waals surface area contributed by atoms with Crippen LogP contribution in [0.1, 0.15) is 31.4 Å². The molecule has 1 N–H and O–H groups in total. The zero-order valence-corrected chi connectivity index (χ0v) is 17.2. The lowest BCUT2D eigenvalue weighted by Crippen LogP contribution is -2.43. The molecule has 1 unspecified atom stereocenters. The molecule has 0 aliphatic heterocycles. The van der Waals surface area contributed by atoms with Gasteiger partial charge in [0.05, 0.1) is 22.1 Å². The number of rotatable bonds is 8. The molecule has 0 aliphatic rings. The van der Waals surface area contributed by atoms with E-state index in [-0.39, 0.29) is 30.4 Å². The van der Waals surface area contributed by atoms with Crippen LogP contribution in [0.3, 0.4) is 0 Å². The minimum Gasteiger partial charge on any atom is -0.462 e. The molecule has 0 spiro atoms. The molecule has 0 aliphatic carbocycles. The quantitative estimate of drug-likeness (QED) is 0.461. The Kier molecular flexibility index (Phi) is 8.43. The van der Waals surface area contributed by atoms with Crippen LogP contribution >= 0.6 is 11.8 Å². The van der Waals surface area contributed by atoms with Crippen LogP contribution in [0, 0.1) is 0 Å². The molecule has 1 rings (SSSR count). The lowest BCUT2D eigenvalue weighted by atomic mass is 10.1. The van der Waals surface area contributed by atoms with Crippen molar-refractivity contribution >= 4 is 27.8 Å². The maximum Gasteiger partial charge on any atom is 0.416 e.